The van der Waals surface area contributed by atoms with Crippen molar-refractivity contribution in [3.05, 3.63) is 28.3 Å². The zero-order chi connectivity index (χ0) is 15.5. The van der Waals surface area contributed by atoms with Gasteiger partial charge in [-0.2, -0.15) is 0 Å². The molecule has 8 nitrogen and oxygen atoms in total. The Kier molecular flexibility index (Phi) is 4.76. The van der Waals surface area contributed by atoms with Gasteiger partial charge in [-0.05, 0) is 24.8 Å². The highest BCUT2D eigenvalue weighted by Crippen LogP contribution is 2.27. The van der Waals surface area contributed by atoms with Gasteiger partial charge in [-0.1, -0.05) is 12.8 Å². The van der Waals surface area contributed by atoms with Gasteiger partial charge in [0.2, 0.25) is 10.0 Å². The SMILES string of the molecule is NNc1cc([N+](=O)[O-])ccc1S(=O)(=O)NCC1CCCC1. The van der Waals surface area contributed by atoms with Crippen LogP contribution < -0.4 is 16.0 Å². The molecule has 0 bridgehead atoms. The maximum atomic E-state index is 12.3. The average molecular weight is 314 g/mol. The molecule has 1 aromatic rings. The highest BCUT2D eigenvalue weighted by molar-refractivity contribution is 7.89. The van der Waals surface area contributed by atoms with Gasteiger partial charge < -0.3 is 5.43 Å². The number of hydrogen-bond donors (Lipinski definition) is 3. The van der Waals surface area contributed by atoms with Gasteiger partial charge in [0, 0.05) is 18.7 Å². The summed E-state index contributed by atoms with van der Waals surface area (Å²) in [7, 11) is -3.75. The molecule has 1 aliphatic rings. The molecule has 9 heteroatoms. The van der Waals surface area contributed by atoms with E-state index >= 15 is 0 Å². The van der Waals surface area contributed by atoms with E-state index in [-0.39, 0.29) is 16.3 Å². The van der Waals surface area contributed by atoms with E-state index in [9.17, 15) is 18.5 Å². The molecule has 0 aromatic heterocycles. The summed E-state index contributed by atoms with van der Waals surface area (Å²) in [5.41, 5.74) is 1.98. The van der Waals surface area contributed by atoms with Crippen molar-refractivity contribution in [3.63, 3.8) is 0 Å². The fourth-order valence-corrected chi connectivity index (χ4v) is 3.76. The molecule has 1 aliphatic carbocycles. The zero-order valence-corrected chi connectivity index (χ0v) is 12.2. The number of nitrogens with two attached hydrogens (primary N) is 1. The Bertz CT molecular complexity index is 626. The number of hydrazine groups is 1. The van der Waals surface area contributed by atoms with E-state index in [1.54, 1.807) is 0 Å². The van der Waals surface area contributed by atoms with E-state index in [0.717, 1.165) is 37.8 Å². The third-order valence-electron chi connectivity index (χ3n) is 3.66. The van der Waals surface area contributed by atoms with Crippen LogP contribution in [0.5, 0.6) is 0 Å². The smallest absolute Gasteiger partial charge is 0.271 e. The Morgan fingerprint density at radius 3 is 2.57 bits per heavy atom. The summed E-state index contributed by atoms with van der Waals surface area (Å²) >= 11 is 0. The minimum Gasteiger partial charge on any atom is -0.323 e. The molecule has 0 saturated heterocycles. The number of benzene rings is 1. The number of sulfonamides is 1. The number of nitrogen functional groups attached to an aromatic ring is 1. The normalized spacial score (nSPS) is 16.0. The highest BCUT2D eigenvalue weighted by Gasteiger charge is 2.23. The van der Waals surface area contributed by atoms with Gasteiger partial charge in [-0.15, -0.1) is 0 Å². The summed E-state index contributed by atoms with van der Waals surface area (Å²) in [6, 6.07) is 3.43. The van der Waals surface area contributed by atoms with Crippen LogP contribution in [0.25, 0.3) is 0 Å². The van der Waals surface area contributed by atoms with Crippen LogP contribution in [0.2, 0.25) is 0 Å². The molecule has 0 unspecified atom stereocenters. The van der Waals surface area contributed by atoms with Crippen LogP contribution in [-0.2, 0) is 10.0 Å². The van der Waals surface area contributed by atoms with E-state index in [1.165, 1.54) is 6.07 Å². The molecule has 0 radical (unpaired) electrons. The number of rotatable bonds is 6. The third-order valence-corrected chi connectivity index (χ3v) is 5.14. The van der Waals surface area contributed by atoms with Crippen molar-refractivity contribution in [1.29, 1.82) is 0 Å². The fourth-order valence-electron chi connectivity index (χ4n) is 2.50. The maximum Gasteiger partial charge on any atom is 0.271 e. The van der Waals surface area contributed by atoms with Gasteiger partial charge >= 0.3 is 0 Å². The predicted molar refractivity (Wildman–Crippen MR) is 78.1 cm³/mol. The van der Waals surface area contributed by atoms with Crippen LogP contribution in [0.15, 0.2) is 23.1 Å². The molecular weight excluding hydrogens is 296 g/mol. The first-order chi connectivity index (χ1) is 9.94. The van der Waals surface area contributed by atoms with Crippen molar-refractivity contribution >= 4 is 21.4 Å². The largest absolute Gasteiger partial charge is 0.323 e. The van der Waals surface area contributed by atoms with Crippen LogP contribution in [0.4, 0.5) is 11.4 Å². The Balaban J connectivity index is 2.20. The van der Waals surface area contributed by atoms with Crippen molar-refractivity contribution in [3.8, 4) is 0 Å². The number of nitrogens with one attached hydrogen (secondary N) is 2. The monoisotopic (exact) mass is 314 g/mol. The van der Waals surface area contributed by atoms with E-state index < -0.39 is 14.9 Å². The molecule has 1 aromatic carbocycles. The Morgan fingerprint density at radius 2 is 2.00 bits per heavy atom. The molecule has 1 saturated carbocycles. The summed E-state index contributed by atoms with van der Waals surface area (Å²) in [4.78, 5) is 10.0. The van der Waals surface area contributed by atoms with Gasteiger partial charge in [0.1, 0.15) is 4.90 Å². The topological polar surface area (TPSA) is 127 Å². The van der Waals surface area contributed by atoms with Crippen molar-refractivity contribution < 1.29 is 13.3 Å². The molecule has 2 rings (SSSR count). The molecule has 0 aliphatic heterocycles. The first kappa shape index (κ1) is 15.7. The predicted octanol–water partition coefficient (Wildman–Crippen LogP) is 1.35. The minimum atomic E-state index is -3.75. The van der Waals surface area contributed by atoms with Crippen LogP contribution in [0.3, 0.4) is 0 Å². The van der Waals surface area contributed by atoms with Crippen molar-refractivity contribution in [2.75, 3.05) is 12.0 Å². The van der Waals surface area contributed by atoms with Crippen molar-refractivity contribution in [2.45, 2.75) is 30.6 Å². The molecular formula is C12H18N4O4S. The van der Waals surface area contributed by atoms with E-state index in [2.05, 4.69) is 10.1 Å². The lowest BCUT2D eigenvalue weighted by Gasteiger charge is -2.13. The first-order valence-corrected chi connectivity index (χ1v) is 8.17. The molecule has 0 amide bonds. The molecule has 0 atom stereocenters. The summed E-state index contributed by atoms with van der Waals surface area (Å²) in [5, 5.41) is 10.7. The Labute approximate surface area is 122 Å². The lowest BCUT2D eigenvalue weighted by molar-refractivity contribution is -0.384. The molecule has 1 fully saturated rings. The number of anilines is 1. The number of non-ortho nitro benzene ring substituents is 1. The molecule has 4 N–H and O–H groups in total. The quantitative estimate of drug-likeness (QED) is 0.413. The van der Waals surface area contributed by atoms with E-state index in [1.807, 2.05) is 0 Å². The molecule has 116 valence electrons. The first-order valence-electron chi connectivity index (χ1n) is 6.69. The lowest BCUT2D eigenvalue weighted by Crippen LogP contribution is -2.29. The van der Waals surface area contributed by atoms with Gasteiger partial charge in [0.15, 0.2) is 0 Å². The van der Waals surface area contributed by atoms with Crippen LogP contribution in [-0.4, -0.2) is 19.9 Å². The number of nitrogens with zero attached hydrogens (tertiary/aromatic N) is 1. The number of nitro groups is 1. The molecule has 0 heterocycles. The van der Waals surface area contributed by atoms with Crippen molar-refractivity contribution in [1.82, 2.24) is 4.72 Å². The standard InChI is InChI=1S/C12H18N4O4S/c13-15-11-7-10(16(17)18)5-6-12(11)21(19,20)14-8-9-3-1-2-4-9/h5-7,9,14-15H,1-4,8,13H2. The second kappa shape index (κ2) is 6.37. The van der Waals surface area contributed by atoms with Gasteiger partial charge in [0.25, 0.3) is 5.69 Å². The minimum absolute atomic E-state index is 0.00289. The second-order valence-corrected chi connectivity index (χ2v) is 6.82. The van der Waals surface area contributed by atoms with Crippen LogP contribution in [0, 0.1) is 16.0 Å². The molecule has 21 heavy (non-hydrogen) atoms. The second-order valence-electron chi connectivity index (χ2n) is 5.08. The zero-order valence-electron chi connectivity index (χ0n) is 11.4. The summed E-state index contributed by atoms with van der Waals surface area (Å²) in [6.45, 7) is 0.378. The van der Waals surface area contributed by atoms with Crippen molar-refractivity contribution in [2.24, 2.45) is 11.8 Å². The third kappa shape index (κ3) is 3.69. The summed E-state index contributed by atoms with van der Waals surface area (Å²) < 4.78 is 27.1. The molecule has 0 spiro atoms. The fraction of sp³-hybridized carbons (Fsp3) is 0.500. The Morgan fingerprint density at radius 1 is 1.33 bits per heavy atom. The summed E-state index contributed by atoms with van der Waals surface area (Å²) in [6.07, 6.45) is 4.29. The van der Waals surface area contributed by atoms with Gasteiger partial charge in [0.05, 0.1) is 10.6 Å². The lowest BCUT2D eigenvalue weighted by atomic mass is 10.1. The number of nitro benzene ring substituents is 1. The number of hydrogen-bond acceptors (Lipinski definition) is 6. The highest BCUT2D eigenvalue weighted by atomic mass is 32.2. The average Bonchev–Trinajstić information content (AvgIpc) is 2.97. The van der Waals surface area contributed by atoms with Gasteiger partial charge in [-0.3, -0.25) is 16.0 Å². The Hall–Kier alpha value is -1.71. The summed E-state index contributed by atoms with van der Waals surface area (Å²) in [5.74, 6) is 5.62. The van der Waals surface area contributed by atoms with E-state index in [4.69, 9.17) is 5.84 Å². The maximum absolute atomic E-state index is 12.3. The van der Waals surface area contributed by atoms with Crippen LogP contribution >= 0.6 is 0 Å². The van der Waals surface area contributed by atoms with Crippen LogP contribution in [0.1, 0.15) is 25.7 Å². The van der Waals surface area contributed by atoms with Gasteiger partial charge in [-0.25, -0.2) is 13.1 Å². The van der Waals surface area contributed by atoms with E-state index in [0.29, 0.717) is 12.5 Å².